The van der Waals surface area contributed by atoms with Crippen LogP contribution < -0.4 is 5.32 Å². The Kier molecular flexibility index (Phi) is 4.37. The van der Waals surface area contributed by atoms with Crippen LogP contribution in [-0.2, 0) is 11.2 Å². The molecule has 0 aliphatic heterocycles. The normalized spacial score (nSPS) is 10.9. The van der Waals surface area contributed by atoms with Crippen molar-refractivity contribution in [2.24, 2.45) is 0 Å². The summed E-state index contributed by atoms with van der Waals surface area (Å²) in [6.45, 7) is 0. The average Bonchev–Trinajstić information content (AvgIpc) is 2.94. The van der Waals surface area contributed by atoms with Crippen molar-refractivity contribution < 1.29 is 13.6 Å². The molecule has 0 aliphatic carbocycles. The number of amides is 1. The summed E-state index contributed by atoms with van der Waals surface area (Å²) < 4.78 is 25.9. The van der Waals surface area contributed by atoms with E-state index in [0.29, 0.717) is 12.8 Å². The molecule has 5 heteroatoms. The minimum atomic E-state index is -0.971. The summed E-state index contributed by atoms with van der Waals surface area (Å²) in [6, 6.07) is 11.3. The van der Waals surface area contributed by atoms with Gasteiger partial charge in [-0.1, -0.05) is 18.2 Å². The lowest BCUT2D eigenvalue weighted by Gasteiger charge is -2.05. The predicted octanol–water partition coefficient (Wildman–Crippen LogP) is 4.41. The van der Waals surface area contributed by atoms with Gasteiger partial charge in [0, 0.05) is 35.3 Å². The second-order valence-corrected chi connectivity index (χ2v) is 5.39. The maximum Gasteiger partial charge on any atom is 0.224 e. The van der Waals surface area contributed by atoms with Crippen LogP contribution in [0.15, 0.2) is 48.7 Å². The van der Waals surface area contributed by atoms with Gasteiger partial charge in [-0.15, -0.1) is 0 Å². The van der Waals surface area contributed by atoms with Crippen LogP contribution in [0.5, 0.6) is 0 Å². The number of aryl methyl sites for hydroxylation is 1. The van der Waals surface area contributed by atoms with E-state index < -0.39 is 11.6 Å². The minimum absolute atomic E-state index is 0.212. The van der Waals surface area contributed by atoms with Crippen molar-refractivity contribution in [3.05, 3.63) is 65.9 Å². The number of hydrogen-bond donors (Lipinski definition) is 2. The van der Waals surface area contributed by atoms with E-state index >= 15 is 0 Å². The quantitative estimate of drug-likeness (QED) is 0.720. The van der Waals surface area contributed by atoms with Gasteiger partial charge >= 0.3 is 0 Å². The maximum atomic E-state index is 13.1. The zero-order valence-corrected chi connectivity index (χ0v) is 12.4. The number of carbonyl (C=O) groups is 1. The van der Waals surface area contributed by atoms with Crippen LogP contribution in [-0.4, -0.2) is 10.9 Å². The number of benzene rings is 2. The lowest BCUT2D eigenvalue weighted by molar-refractivity contribution is -0.116. The molecule has 3 rings (SSSR count). The van der Waals surface area contributed by atoms with Crippen molar-refractivity contribution in [2.45, 2.75) is 19.3 Å². The molecule has 3 aromatic rings. The van der Waals surface area contributed by atoms with E-state index in [1.165, 1.54) is 11.6 Å². The van der Waals surface area contributed by atoms with Gasteiger partial charge in [0.15, 0.2) is 11.6 Å². The van der Waals surface area contributed by atoms with E-state index in [-0.39, 0.29) is 11.6 Å². The van der Waals surface area contributed by atoms with Gasteiger partial charge in [0.1, 0.15) is 0 Å². The standard InChI is InChI=1S/C18H16F2N2O/c19-15-9-8-13(10-16(15)20)22-18(23)7-3-4-12-11-21-17-6-2-1-5-14(12)17/h1-2,5-6,8-11,21H,3-4,7H2,(H,22,23). The first-order valence-electron chi connectivity index (χ1n) is 7.43. The number of carbonyl (C=O) groups excluding carboxylic acids is 1. The molecule has 118 valence electrons. The molecule has 0 saturated carbocycles. The van der Waals surface area contributed by atoms with Crippen LogP contribution in [0.25, 0.3) is 10.9 Å². The van der Waals surface area contributed by atoms with E-state index in [0.717, 1.165) is 29.5 Å². The summed E-state index contributed by atoms with van der Waals surface area (Å²) in [7, 11) is 0. The van der Waals surface area contributed by atoms with Gasteiger partial charge in [-0.25, -0.2) is 8.78 Å². The number of H-pyrrole nitrogens is 1. The number of halogens is 2. The molecule has 0 aliphatic rings. The molecule has 23 heavy (non-hydrogen) atoms. The predicted molar refractivity (Wildman–Crippen MR) is 86.2 cm³/mol. The molecule has 2 N–H and O–H groups in total. The highest BCUT2D eigenvalue weighted by molar-refractivity contribution is 5.90. The van der Waals surface area contributed by atoms with E-state index in [1.54, 1.807) is 0 Å². The highest BCUT2D eigenvalue weighted by Gasteiger charge is 2.08. The molecule has 1 aromatic heterocycles. The van der Waals surface area contributed by atoms with Crippen LogP contribution in [0.2, 0.25) is 0 Å². The number of aromatic nitrogens is 1. The van der Waals surface area contributed by atoms with E-state index in [4.69, 9.17) is 0 Å². The summed E-state index contributed by atoms with van der Waals surface area (Å²) in [4.78, 5) is 15.1. The van der Waals surface area contributed by atoms with Crippen molar-refractivity contribution >= 4 is 22.5 Å². The Bertz CT molecular complexity index is 842. The zero-order valence-electron chi connectivity index (χ0n) is 12.4. The number of fused-ring (bicyclic) bond motifs is 1. The number of para-hydroxylation sites is 1. The summed E-state index contributed by atoms with van der Waals surface area (Å²) in [6.07, 6.45) is 3.73. The third-order valence-corrected chi connectivity index (χ3v) is 3.73. The Labute approximate surface area is 132 Å². The first-order chi connectivity index (χ1) is 11.1. The average molecular weight is 314 g/mol. The molecule has 0 spiro atoms. The van der Waals surface area contributed by atoms with Gasteiger partial charge in [-0.3, -0.25) is 4.79 Å². The van der Waals surface area contributed by atoms with Crippen LogP contribution in [0, 0.1) is 11.6 Å². The largest absolute Gasteiger partial charge is 0.361 e. The van der Waals surface area contributed by atoms with Gasteiger partial charge in [0.25, 0.3) is 0 Å². The summed E-state index contributed by atoms with van der Waals surface area (Å²) >= 11 is 0. The van der Waals surface area contributed by atoms with Gasteiger partial charge in [0.2, 0.25) is 5.91 Å². The van der Waals surface area contributed by atoms with Gasteiger partial charge in [0.05, 0.1) is 0 Å². The lowest BCUT2D eigenvalue weighted by atomic mass is 10.1. The van der Waals surface area contributed by atoms with Crippen LogP contribution in [0.3, 0.4) is 0 Å². The van der Waals surface area contributed by atoms with Gasteiger partial charge in [-0.05, 0) is 36.6 Å². The minimum Gasteiger partial charge on any atom is -0.361 e. The zero-order chi connectivity index (χ0) is 16.2. The molecule has 0 bridgehead atoms. The second-order valence-electron chi connectivity index (χ2n) is 5.39. The first-order valence-corrected chi connectivity index (χ1v) is 7.43. The highest BCUT2D eigenvalue weighted by Crippen LogP contribution is 2.20. The fraction of sp³-hybridized carbons (Fsp3) is 0.167. The molecule has 1 heterocycles. The number of anilines is 1. The molecule has 0 unspecified atom stereocenters. The maximum absolute atomic E-state index is 13.1. The fourth-order valence-electron chi connectivity index (χ4n) is 2.58. The SMILES string of the molecule is O=C(CCCc1c[nH]c2ccccc12)Nc1ccc(F)c(F)c1. The number of hydrogen-bond acceptors (Lipinski definition) is 1. The first kappa shape index (κ1) is 15.2. The molecular weight excluding hydrogens is 298 g/mol. The monoisotopic (exact) mass is 314 g/mol. The van der Waals surface area contributed by atoms with E-state index in [2.05, 4.69) is 10.3 Å². The Balaban J connectivity index is 1.54. The molecule has 0 saturated heterocycles. The number of nitrogens with one attached hydrogen (secondary N) is 2. The fourth-order valence-corrected chi connectivity index (χ4v) is 2.58. The molecule has 0 fully saturated rings. The topological polar surface area (TPSA) is 44.9 Å². The van der Waals surface area contributed by atoms with Crippen LogP contribution >= 0.6 is 0 Å². The molecule has 0 radical (unpaired) electrons. The van der Waals surface area contributed by atoms with Crippen molar-refractivity contribution in [3.8, 4) is 0 Å². The van der Waals surface area contributed by atoms with E-state index in [9.17, 15) is 13.6 Å². The molecule has 1 amide bonds. The van der Waals surface area contributed by atoms with Crippen molar-refractivity contribution in [3.63, 3.8) is 0 Å². The van der Waals surface area contributed by atoms with Crippen LogP contribution in [0.4, 0.5) is 14.5 Å². The molecule has 2 aromatic carbocycles. The van der Waals surface area contributed by atoms with Crippen molar-refractivity contribution in [1.29, 1.82) is 0 Å². The van der Waals surface area contributed by atoms with Crippen molar-refractivity contribution in [2.75, 3.05) is 5.32 Å². The Hall–Kier alpha value is -2.69. The van der Waals surface area contributed by atoms with Crippen LogP contribution in [0.1, 0.15) is 18.4 Å². The van der Waals surface area contributed by atoms with Crippen molar-refractivity contribution in [1.82, 2.24) is 4.98 Å². The Morgan fingerprint density at radius 3 is 2.74 bits per heavy atom. The Morgan fingerprint density at radius 1 is 1.09 bits per heavy atom. The summed E-state index contributed by atoms with van der Waals surface area (Å²) in [5.41, 5.74) is 2.51. The summed E-state index contributed by atoms with van der Waals surface area (Å²) in [5, 5.41) is 3.73. The van der Waals surface area contributed by atoms with E-state index in [1.807, 2.05) is 30.5 Å². The second kappa shape index (κ2) is 6.60. The Morgan fingerprint density at radius 2 is 1.91 bits per heavy atom. The lowest BCUT2D eigenvalue weighted by Crippen LogP contribution is -2.11. The highest BCUT2D eigenvalue weighted by atomic mass is 19.2. The third-order valence-electron chi connectivity index (χ3n) is 3.73. The number of aromatic amines is 1. The summed E-state index contributed by atoms with van der Waals surface area (Å²) in [5.74, 6) is -2.11. The van der Waals surface area contributed by atoms with Gasteiger partial charge < -0.3 is 10.3 Å². The van der Waals surface area contributed by atoms with Gasteiger partial charge in [-0.2, -0.15) is 0 Å². The number of rotatable bonds is 5. The molecular formula is C18H16F2N2O. The smallest absolute Gasteiger partial charge is 0.224 e. The third kappa shape index (κ3) is 3.56. The molecule has 0 atom stereocenters. The molecule has 3 nitrogen and oxygen atoms in total.